The molecule has 0 fully saturated rings. The zero-order valence-corrected chi connectivity index (χ0v) is 22.6. The smallest absolute Gasteiger partial charge is 0.191 e. The molecule has 1 heterocycles. The van der Waals surface area contributed by atoms with Gasteiger partial charge in [0.25, 0.3) is 0 Å². The summed E-state index contributed by atoms with van der Waals surface area (Å²) in [6.45, 7) is 12.3. The number of hydrogen-bond donors (Lipinski definition) is 0. The van der Waals surface area contributed by atoms with E-state index in [1.807, 2.05) is 24.0 Å². The number of hydrogen-bond acceptors (Lipinski definition) is 3. The molecule has 3 rings (SSSR count). The Labute approximate surface area is 200 Å². The lowest BCUT2D eigenvalue weighted by Crippen LogP contribution is -2.40. The maximum atomic E-state index is 9.98. The summed E-state index contributed by atoms with van der Waals surface area (Å²) in [7, 11) is 0.241. The molecule has 6 heteroatoms. The largest absolute Gasteiger partial charge is 0.417 e. The number of nitriles is 1. The number of fused-ring (bicyclic) bond motifs is 1. The van der Waals surface area contributed by atoms with E-state index < -0.39 is 8.32 Å². The minimum atomic E-state index is -1.69. The Balaban J connectivity index is 1.87. The first kappa shape index (κ1) is 24.0. The number of benzene rings is 2. The fourth-order valence-corrected chi connectivity index (χ4v) is 5.49. The Morgan fingerprint density at radius 3 is 2.42 bits per heavy atom. The molecule has 0 aliphatic rings. The van der Waals surface area contributed by atoms with E-state index in [9.17, 15) is 5.26 Å². The first-order chi connectivity index (χ1) is 14.6. The monoisotopic (exact) mass is 545 g/mol. The van der Waals surface area contributed by atoms with E-state index in [2.05, 4.69) is 91.9 Å². The molecule has 0 saturated carbocycles. The van der Waals surface area contributed by atoms with Gasteiger partial charge in [0.2, 0.25) is 0 Å². The van der Waals surface area contributed by atoms with Gasteiger partial charge in [-0.05, 0) is 77.0 Å². The van der Waals surface area contributed by atoms with Gasteiger partial charge in [0, 0.05) is 24.6 Å². The van der Waals surface area contributed by atoms with Gasteiger partial charge in [-0.15, -0.1) is 0 Å². The highest BCUT2D eigenvalue weighted by molar-refractivity contribution is 14.1. The number of aryl methyl sites for hydroxylation is 2. The maximum absolute atomic E-state index is 9.98. The second-order valence-electron chi connectivity index (χ2n) is 9.65. The summed E-state index contributed by atoms with van der Waals surface area (Å²) in [4.78, 5) is 0. The predicted octanol–water partition coefficient (Wildman–Crippen LogP) is 7.06. The van der Waals surface area contributed by atoms with Crippen LogP contribution in [0.4, 0.5) is 0 Å². The number of nitrogens with zero attached hydrogens (tertiary/aromatic N) is 3. The van der Waals surface area contributed by atoms with Crippen LogP contribution in [-0.4, -0.2) is 24.7 Å². The van der Waals surface area contributed by atoms with Gasteiger partial charge in [-0.2, -0.15) is 10.4 Å². The zero-order valence-electron chi connectivity index (χ0n) is 19.4. The van der Waals surface area contributed by atoms with Crippen LogP contribution < -0.4 is 0 Å². The summed E-state index contributed by atoms with van der Waals surface area (Å²) in [5.41, 5.74) is 3.99. The van der Waals surface area contributed by atoms with Gasteiger partial charge in [-0.25, -0.2) is 0 Å². The molecule has 2 aromatic carbocycles. The average molecular weight is 546 g/mol. The summed E-state index contributed by atoms with van der Waals surface area (Å²) < 4.78 is 9.27. The van der Waals surface area contributed by atoms with Crippen LogP contribution in [0.5, 0.6) is 0 Å². The van der Waals surface area contributed by atoms with Crippen LogP contribution in [0.15, 0.2) is 36.5 Å². The van der Waals surface area contributed by atoms with Crippen LogP contribution in [0.2, 0.25) is 18.1 Å². The molecule has 0 unspecified atom stereocenters. The number of halogens is 1. The highest BCUT2D eigenvalue weighted by Gasteiger charge is 2.36. The van der Waals surface area contributed by atoms with Gasteiger partial charge in [-0.1, -0.05) is 45.0 Å². The van der Waals surface area contributed by atoms with E-state index in [4.69, 9.17) is 4.43 Å². The molecule has 3 aromatic rings. The van der Waals surface area contributed by atoms with Crippen molar-refractivity contribution in [2.45, 2.75) is 58.2 Å². The molecule has 0 radical (unpaired) electrons. The van der Waals surface area contributed by atoms with Crippen molar-refractivity contribution in [2.24, 2.45) is 7.05 Å². The molecule has 0 spiro atoms. The minimum Gasteiger partial charge on any atom is -0.417 e. The first-order valence-corrected chi connectivity index (χ1v) is 14.8. The lowest BCUT2D eigenvalue weighted by atomic mass is 9.91. The van der Waals surface area contributed by atoms with E-state index in [0.29, 0.717) is 0 Å². The van der Waals surface area contributed by atoms with Crippen molar-refractivity contribution in [3.8, 4) is 17.3 Å². The molecule has 164 valence electrons. The molecule has 1 aromatic heterocycles. The highest BCUT2D eigenvalue weighted by atomic mass is 127. The van der Waals surface area contributed by atoms with Gasteiger partial charge in [0.1, 0.15) is 6.07 Å². The van der Waals surface area contributed by atoms with Crippen LogP contribution >= 0.6 is 22.6 Å². The Bertz CT molecular complexity index is 1100. The van der Waals surface area contributed by atoms with Crippen LogP contribution in [0.25, 0.3) is 22.0 Å². The SMILES string of the molecule is Cn1ncc(I)c1-c1cc(CCCCO[Si](C)(C)C(C)(C)C)c2ccccc2c1C#N. The first-order valence-electron chi connectivity index (χ1n) is 10.8. The van der Waals surface area contributed by atoms with Crippen LogP contribution in [-0.2, 0) is 17.9 Å². The van der Waals surface area contributed by atoms with Crippen molar-refractivity contribution in [1.29, 1.82) is 5.26 Å². The molecule has 0 bridgehead atoms. The van der Waals surface area contributed by atoms with Crippen LogP contribution in [0.3, 0.4) is 0 Å². The summed E-state index contributed by atoms with van der Waals surface area (Å²) in [6, 6.07) is 12.9. The van der Waals surface area contributed by atoms with E-state index >= 15 is 0 Å². The van der Waals surface area contributed by atoms with Gasteiger partial charge < -0.3 is 4.43 Å². The Morgan fingerprint density at radius 1 is 1.16 bits per heavy atom. The molecule has 0 atom stereocenters. The number of unbranched alkanes of at least 4 members (excludes halogenated alkanes) is 1. The molecule has 0 aliphatic carbocycles. The van der Waals surface area contributed by atoms with Crippen LogP contribution in [0.1, 0.15) is 44.7 Å². The van der Waals surface area contributed by atoms with Crippen molar-refractivity contribution in [3.63, 3.8) is 0 Å². The summed E-state index contributed by atoms with van der Waals surface area (Å²) >= 11 is 2.30. The Hall–Kier alpha value is -1.69. The third-order valence-corrected chi connectivity index (χ3v) is 11.8. The van der Waals surface area contributed by atoms with E-state index in [1.165, 1.54) is 10.9 Å². The molecule has 0 N–H and O–H groups in total. The third kappa shape index (κ3) is 5.05. The quantitative estimate of drug-likeness (QED) is 0.181. The number of aromatic nitrogens is 2. The van der Waals surface area contributed by atoms with E-state index in [1.54, 1.807) is 0 Å². The van der Waals surface area contributed by atoms with Gasteiger partial charge in [0.15, 0.2) is 8.32 Å². The molecule has 4 nitrogen and oxygen atoms in total. The molecule has 0 amide bonds. The zero-order chi connectivity index (χ0) is 22.8. The Kier molecular flexibility index (Phi) is 7.29. The second kappa shape index (κ2) is 9.43. The predicted molar refractivity (Wildman–Crippen MR) is 140 cm³/mol. The van der Waals surface area contributed by atoms with Crippen molar-refractivity contribution in [1.82, 2.24) is 9.78 Å². The normalized spacial score (nSPS) is 12.3. The topological polar surface area (TPSA) is 50.8 Å². The van der Waals surface area contributed by atoms with Gasteiger partial charge >= 0.3 is 0 Å². The van der Waals surface area contributed by atoms with Gasteiger partial charge in [-0.3, -0.25) is 4.68 Å². The fraction of sp³-hybridized carbons (Fsp3) is 0.440. The number of rotatable bonds is 7. The molecular weight excluding hydrogens is 513 g/mol. The molecule has 0 aliphatic heterocycles. The van der Waals surface area contributed by atoms with Crippen molar-refractivity contribution < 1.29 is 4.43 Å². The van der Waals surface area contributed by atoms with Crippen molar-refractivity contribution in [2.75, 3.05) is 6.61 Å². The summed E-state index contributed by atoms with van der Waals surface area (Å²) in [5.74, 6) is 0. The molecule has 0 saturated heterocycles. The Morgan fingerprint density at radius 2 is 1.84 bits per heavy atom. The summed E-state index contributed by atoms with van der Waals surface area (Å²) in [6.07, 6.45) is 4.92. The van der Waals surface area contributed by atoms with Crippen molar-refractivity contribution >= 4 is 41.7 Å². The van der Waals surface area contributed by atoms with E-state index in [0.717, 1.165) is 51.6 Å². The lowest BCUT2D eigenvalue weighted by molar-refractivity contribution is 0.279. The standard InChI is InChI=1S/C25H32IN3OSi/c1-25(2,3)31(5,6)30-14-10-9-11-18-15-21(24-23(26)17-28-29(24)4)22(16-27)20-13-8-7-12-19(18)20/h7-8,12-13,15,17H,9-11,14H2,1-6H3. The second-order valence-corrected chi connectivity index (χ2v) is 15.6. The van der Waals surface area contributed by atoms with E-state index in [-0.39, 0.29) is 5.04 Å². The molecule has 31 heavy (non-hydrogen) atoms. The lowest BCUT2D eigenvalue weighted by Gasteiger charge is -2.36. The minimum absolute atomic E-state index is 0.242. The third-order valence-electron chi connectivity index (χ3n) is 6.50. The average Bonchev–Trinajstić information content (AvgIpc) is 3.04. The summed E-state index contributed by atoms with van der Waals surface area (Å²) in [5, 5.41) is 16.8. The highest BCUT2D eigenvalue weighted by Crippen LogP contribution is 2.37. The van der Waals surface area contributed by atoms with Crippen LogP contribution in [0, 0.1) is 14.9 Å². The molecular formula is C25H32IN3OSi. The van der Waals surface area contributed by atoms with Crippen molar-refractivity contribution in [3.05, 3.63) is 51.2 Å². The van der Waals surface area contributed by atoms with Gasteiger partial charge in [0.05, 0.1) is 21.0 Å². The fourth-order valence-electron chi connectivity index (χ4n) is 3.64. The maximum Gasteiger partial charge on any atom is 0.191 e.